The lowest BCUT2D eigenvalue weighted by Gasteiger charge is -2.10. The Labute approximate surface area is 191 Å². The van der Waals surface area contributed by atoms with Crippen LogP contribution in [0.4, 0.5) is 5.82 Å². The fraction of sp³-hybridized carbons (Fsp3) is 0.115. The van der Waals surface area contributed by atoms with Gasteiger partial charge in [-0.1, -0.05) is 42.5 Å². The average Bonchev–Trinajstić information content (AvgIpc) is 3.44. The van der Waals surface area contributed by atoms with E-state index in [9.17, 15) is 4.79 Å². The van der Waals surface area contributed by atoms with E-state index in [2.05, 4.69) is 15.4 Å². The van der Waals surface area contributed by atoms with E-state index < -0.39 is 0 Å². The highest BCUT2D eigenvalue weighted by Crippen LogP contribution is 2.18. The van der Waals surface area contributed by atoms with Crippen LogP contribution in [0.3, 0.4) is 0 Å². The molecule has 2 aromatic carbocycles. The predicted molar refractivity (Wildman–Crippen MR) is 126 cm³/mol. The Bertz CT molecular complexity index is 1400. The standard InChI is InChI=1S/C26H23N5O2/c1-19-10-11-24-28-22(17-30(24)15-19)18-33-23-9-5-8-21(14-23)26(32)29-25-12-13-27-31(25)16-20-6-3-2-4-7-20/h2-15,17H,16,18H2,1H3,(H,29,32). The zero-order chi connectivity index (χ0) is 22.6. The van der Waals surface area contributed by atoms with Gasteiger partial charge in [0.15, 0.2) is 0 Å². The van der Waals surface area contributed by atoms with E-state index in [1.165, 1.54) is 0 Å². The van der Waals surface area contributed by atoms with Gasteiger partial charge in [0.1, 0.15) is 23.8 Å². The molecule has 0 unspecified atom stereocenters. The number of benzene rings is 2. The highest BCUT2D eigenvalue weighted by Gasteiger charge is 2.11. The van der Waals surface area contributed by atoms with Crippen molar-refractivity contribution in [1.82, 2.24) is 19.2 Å². The molecular weight excluding hydrogens is 414 g/mol. The number of pyridine rings is 1. The van der Waals surface area contributed by atoms with E-state index in [0.717, 1.165) is 22.5 Å². The fourth-order valence-electron chi connectivity index (χ4n) is 3.62. The molecule has 7 heteroatoms. The second-order valence-electron chi connectivity index (χ2n) is 7.83. The third kappa shape index (κ3) is 4.77. The molecular formula is C26H23N5O2. The van der Waals surface area contributed by atoms with Gasteiger partial charge in [0, 0.05) is 24.0 Å². The number of carbonyl (C=O) groups is 1. The Morgan fingerprint density at radius 2 is 1.88 bits per heavy atom. The minimum atomic E-state index is -0.224. The van der Waals surface area contributed by atoms with Crippen molar-refractivity contribution in [3.8, 4) is 5.75 Å². The van der Waals surface area contributed by atoms with Crippen LogP contribution in [0.5, 0.6) is 5.75 Å². The molecule has 0 saturated carbocycles. The van der Waals surface area contributed by atoms with Crippen molar-refractivity contribution in [2.75, 3.05) is 5.32 Å². The minimum absolute atomic E-state index is 0.224. The lowest BCUT2D eigenvalue weighted by molar-refractivity contribution is 0.102. The monoisotopic (exact) mass is 437 g/mol. The van der Waals surface area contributed by atoms with Gasteiger partial charge in [0.25, 0.3) is 5.91 Å². The third-order valence-corrected chi connectivity index (χ3v) is 5.27. The second kappa shape index (κ2) is 9.00. The quantitative estimate of drug-likeness (QED) is 0.400. The van der Waals surface area contributed by atoms with Crippen LogP contribution in [0.1, 0.15) is 27.2 Å². The molecule has 1 amide bonds. The van der Waals surface area contributed by atoms with E-state index in [1.807, 2.05) is 72.2 Å². The molecule has 3 aromatic heterocycles. The average molecular weight is 438 g/mol. The molecule has 5 rings (SSSR count). The first-order valence-electron chi connectivity index (χ1n) is 10.7. The maximum atomic E-state index is 12.9. The predicted octanol–water partition coefficient (Wildman–Crippen LogP) is 4.72. The Balaban J connectivity index is 1.25. The summed E-state index contributed by atoms with van der Waals surface area (Å²) in [5.41, 5.74) is 4.47. The maximum Gasteiger partial charge on any atom is 0.256 e. The van der Waals surface area contributed by atoms with E-state index in [4.69, 9.17) is 4.74 Å². The summed E-state index contributed by atoms with van der Waals surface area (Å²) in [6.07, 6.45) is 5.65. The van der Waals surface area contributed by atoms with Gasteiger partial charge in [0.2, 0.25) is 0 Å². The summed E-state index contributed by atoms with van der Waals surface area (Å²) in [7, 11) is 0. The lowest BCUT2D eigenvalue weighted by atomic mass is 10.2. The Hall–Kier alpha value is -4.39. The number of imidazole rings is 1. The molecule has 0 aliphatic rings. The fourth-order valence-corrected chi connectivity index (χ4v) is 3.62. The molecule has 0 radical (unpaired) electrons. The number of anilines is 1. The number of aryl methyl sites for hydroxylation is 1. The van der Waals surface area contributed by atoms with Crippen molar-refractivity contribution in [2.24, 2.45) is 0 Å². The van der Waals surface area contributed by atoms with Gasteiger partial charge in [-0.3, -0.25) is 4.79 Å². The van der Waals surface area contributed by atoms with Crippen LogP contribution < -0.4 is 10.1 Å². The van der Waals surface area contributed by atoms with Gasteiger partial charge in [-0.25, -0.2) is 9.67 Å². The van der Waals surface area contributed by atoms with Crippen LogP contribution in [0, 0.1) is 6.92 Å². The highest BCUT2D eigenvalue weighted by atomic mass is 16.5. The zero-order valence-electron chi connectivity index (χ0n) is 18.2. The molecule has 0 bridgehead atoms. The van der Waals surface area contributed by atoms with Crippen molar-refractivity contribution in [1.29, 1.82) is 0 Å². The molecule has 5 aromatic rings. The molecule has 0 atom stereocenters. The molecule has 33 heavy (non-hydrogen) atoms. The summed E-state index contributed by atoms with van der Waals surface area (Å²) in [6.45, 7) is 2.93. The van der Waals surface area contributed by atoms with Crippen LogP contribution in [0.2, 0.25) is 0 Å². The van der Waals surface area contributed by atoms with Gasteiger partial charge in [0.05, 0.1) is 18.4 Å². The number of aromatic nitrogens is 4. The first kappa shape index (κ1) is 20.5. The molecule has 0 fully saturated rings. The number of nitrogens with zero attached hydrogens (tertiary/aromatic N) is 4. The van der Waals surface area contributed by atoms with Crippen LogP contribution in [0.25, 0.3) is 5.65 Å². The van der Waals surface area contributed by atoms with Gasteiger partial charge in [-0.15, -0.1) is 0 Å². The zero-order valence-corrected chi connectivity index (χ0v) is 18.2. The normalized spacial score (nSPS) is 10.9. The number of amides is 1. The molecule has 0 saturated heterocycles. The summed E-state index contributed by atoms with van der Waals surface area (Å²) >= 11 is 0. The van der Waals surface area contributed by atoms with E-state index in [-0.39, 0.29) is 5.91 Å². The van der Waals surface area contributed by atoms with E-state index in [1.54, 1.807) is 35.1 Å². The van der Waals surface area contributed by atoms with Gasteiger partial charge < -0.3 is 14.5 Å². The number of fused-ring (bicyclic) bond motifs is 1. The molecule has 0 aliphatic carbocycles. The third-order valence-electron chi connectivity index (χ3n) is 5.27. The van der Waals surface area contributed by atoms with Gasteiger partial charge in [-0.05, 0) is 42.3 Å². The van der Waals surface area contributed by atoms with Crippen LogP contribution in [-0.4, -0.2) is 25.1 Å². The van der Waals surface area contributed by atoms with E-state index in [0.29, 0.717) is 30.3 Å². The molecule has 0 spiro atoms. The summed E-state index contributed by atoms with van der Waals surface area (Å²) in [6, 6.07) is 22.9. The highest BCUT2D eigenvalue weighted by molar-refractivity contribution is 6.04. The minimum Gasteiger partial charge on any atom is -0.487 e. The van der Waals surface area contributed by atoms with Crippen molar-refractivity contribution < 1.29 is 9.53 Å². The van der Waals surface area contributed by atoms with Crippen LogP contribution in [0.15, 0.2) is 91.4 Å². The maximum absolute atomic E-state index is 12.9. The first-order valence-corrected chi connectivity index (χ1v) is 10.7. The SMILES string of the molecule is Cc1ccc2nc(COc3cccc(C(=O)Nc4ccnn4Cc4ccccc4)c3)cn2c1. The molecule has 0 aliphatic heterocycles. The molecule has 164 valence electrons. The Kier molecular flexibility index (Phi) is 5.59. The van der Waals surface area contributed by atoms with Crippen molar-refractivity contribution >= 4 is 17.4 Å². The van der Waals surface area contributed by atoms with E-state index >= 15 is 0 Å². The molecule has 1 N–H and O–H groups in total. The number of rotatable bonds is 7. The number of hydrogen-bond acceptors (Lipinski definition) is 4. The topological polar surface area (TPSA) is 73.4 Å². The van der Waals surface area contributed by atoms with Crippen molar-refractivity contribution in [2.45, 2.75) is 20.1 Å². The Morgan fingerprint density at radius 1 is 1.00 bits per heavy atom. The smallest absolute Gasteiger partial charge is 0.256 e. The van der Waals surface area contributed by atoms with Gasteiger partial charge >= 0.3 is 0 Å². The van der Waals surface area contributed by atoms with Crippen LogP contribution in [-0.2, 0) is 13.2 Å². The molecule has 7 nitrogen and oxygen atoms in total. The first-order chi connectivity index (χ1) is 16.1. The summed E-state index contributed by atoms with van der Waals surface area (Å²) in [5.74, 6) is 1.02. The van der Waals surface area contributed by atoms with Crippen molar-refractivity contribution in [3.05, 3.63) is 114 Å². The number of carbonyl (C=O) groups excluding carboxylic acids is 1. The number of ether oxygens (including phenoxy) is 1. The van der Waals surface area contributed by atoms with Gasteiger partial charge in [-0.2, -0.15) is 5.10 Å². The second-order valence-corrected chi connectivity index (χ2v) is 7.83. The largest absolute Gasteiger partial charge is 0.487 e. The summed E-state index contributed by atoms with van der Waals surface area (Å²) in [4.78, 5) is 17.4. The lowest BCUT2D eigenvalue weighted by Crippen LogP contribution is -2.16. The summed E-state index contributed by atoms with van der Waals surface area (Å²) < 4.78 is 9.65. The Morgan fingerprint density at radius 3 is 2.76 bits per heavy atom. The van der Waals surface area contributed by atoms with Crippen molar-refractivity contribution in [3.63, 3.8) is 0 Å². The number of nitrogens with one attached hydrogen (secondary N) is 1. The molecule has 3 heterocycles. The van der Waals surface area contributed by atoms with Crippen LogP contribution >= 0.6 is 0 Å². The summed E-state index contributed by atoms with van der Waals surface area (Å²) in [5, 5.41) is 7.27. The number of hydrogen-bond donors (Lipinski definition) is 1.